The standard InChI is InChI=1S/C17H20N4/c1-11(9-18)15(6-4-12-2-3-12)13-5-7-16-14(8-13)10-20-17(19)21-16/h5-10,12H,2-4,18H2,1H3,(H2,19,20,21)/b11-9-,15-6+. The molecule has 0 aliphatic heterocycles. The van der Waals surface area contributed by atoms with Crippen LogP contribution in [0.5, 0.6) is 0 Å². The van der Waals surface area contributed by atoms with Crippen LogP contribution in [0.25, 0.3) is 16.5 Å². The first-order valence-corrected chi connectivity index (χ1v) is 7.29. The molecule has 1 heterocycles. The van der Waals surface area contributed by atoms with Gasteiger partial charge in [-0.15, -0.1) is 0 Å². The third-order valence-electron chi connectivity index (χ3n) is 3.94. The molecule has 4 N–H and O–H groups in total. The number of aromatic nitrogens is 2. The van der Waals surface area contributed by atoms with Gasteiger partial charge in [0, 0.05) is 11.6 Å². The third-order valence-corrected chi connectivity index (χ3v) is 3.94. The maximum absolute atomic E-state index is 5.72. The number of nitrogens with two attached hydrogens (primary N) is 2. The molecule has 1 saturated carbocycles. The van der Waals surface area contributed by atoms with Gasteiger partial charge < -0.3 is 11.5 Å². The van der Waals surface area contributed by atoms with Gasteiger partial charge in [0.15, 0.2) is 0 Å². The Hall–Kier alpha value is -2.36. The Balaban J connectivity index is 2.01. The highest BCUT2D eigenvalue weighted by Crippen LogP contribution is 2.35. The van der Waals surface area contributed by atoms with E-state index in [0.717, 1.165) is 34.4 Å². The number of rotatable bonds is 4. The van der Waals surface area contributed by atoms with Crippen molar-refractivity contribution in [1.29, 1.82) is 0 Å². The molecular formula is C17H20N4. The fourth-order valence-corrected chi connectivity index (χ4v) is 2.45. The van der Waals surface area contributed by atoms with Gasteiger partial charge in [-0.05, 0) is 67.1 Å². The van der Waals surface area contributed by atoms with Gasteiger partial charge in [0.2, 0.25) is 5.95 Å². The van der Waals surface area contributed by atoms with Crippen LogP contribution in [0, 0.1) is 5.92 Å². The molecule has 4 nitrogen and oxygen atoms in total. The van der Waals surface area contributed by atoms with Crippen LogP contribution in [0.15, 0.2) is 42.2 Å². The Bertz CT molecular complexity index is 727. The van der Waals surface area contributed by atoms with Crippen molar-refractivity contribution in [2.45, 2.75) is 26.2 Å². The molecular weight excluding hydrogens is 260 g/mol. The SMILES string of the molecule is CC(=C/N)/C(=C\CC1CC1)c1ccc2nc(N)ncc2c1. The van der Waals surface area contributed by atoms with Crippen LogP contribution in [0.3, 0.4) is 0 Å². The second kappa shape index (κ2) is 5.56. The average molecular weight is 280 g/mol. The van der Waals surface area contributed by atoms with E-state index in [9.17, 15) is 0 Å². The third kappa shape index (κ3) is 3.05. The van der Waals surface area contributed by atoms with Crippen LogP contribution in [0.1, 0.15) is 31.7 Å². The lowest BCUT2D eigenvalue weighted by molar-refractivity contribution is 0.864. The maximum Gasteiger partial charge on any atom is 0.220 e. The number of nitrogens with zero attached hydrogens (tertiary/aromatic N) is 2. The van der Waals surface area contributed by atoms with Crippen molar-refractivity contribution >= 4 is 22.4 Å². The van der Waals surface area contributed by atoms with E-state index in [-0.39, 0.29) is 0 Å². The highest BCUT2D eigenvalue weighted by Gasteiger charge is 2.20. The summed E-state index contributed by atoms with van der Waals surface area (Å²) < 4.78 is 0. The fourth-order valence-electron chi connectivity index (χ4n) is 2.45. The molecule has 0 radical (unpaired) electrons. The zero-order valence-corrected chi connectivity index (χ0v) is 12.2. The smallest absolute Gasteiger partial charge is 0.220 e. The second-order valence-electron chi connectivity index (χ2n) is 5.65. The van der Waals surface area contributed by atoms with E-state index in [1.807, 2.05) is 13.0 Å². The molecule has 1 fully saturated rings. The average Bonchev–Trinajstić information content (AvgIpc) is 3.31. The Morgan fingerprint density at radius 1 is 1.38 bits per heavy atom. The normalized spacial score (nSPS) is 16.4. The highest BCUT2D eigenvalue weighted by molar-refractivity contribution is 5.87. The summed E-state index contributed by atoms with van der Waals surface area (Å²) in [6.07, 6.45) is 9.55. The first-order chi connectivity index (χ1) is 10.2. The van der Waals surface area contributed by atoms with E-state index in [1.54, 1.807) is 12.4 Å². The van der Waals surface area contributed by atoms with Gasteiger partial charge in [0.25, 0.3) is 0 Å². The Kier molecular flexibility index (Phi) is 3.60. The number of hydrogen-bond donors (Lipinski definition) is 2. The molecule has 3 rings (SSSR count). The number of fused-ring (bicyclic) bond motifs is 1. The number of allylic oxidation sites excluding steroid dienone is 3. The lowest BCUT2D eigenvalue weighted by Crippen LogP contribution is -1.96. The van der Waals surface area contributed by atoms with Gasteiger partial charge in [-0.3, -0.25) is 0 Å². The first-order valence-electron chi connectivity index (χ1n) is 7.29. The van der Waals surface area contributed by atoms with Gasteiger partial charge in [-0.1, -0.05) is 12.1 Å². The summed E-state index contributed by atoms with van der Waals surface area (Å²) in [5.74, 6) is 1.16. The zero-order chi connectivity index (χ0) is 14.8. The predicted molar refractivity (Wildman–Crippen MR) is 87.2 cm³/mol. The van der Waals surface area contributed by atoms with E-state index in [4.69, 9.17) is 11.5 Å². The van der Waals surface area contributed by atoms with Gasteiger partial charge in [-0.25, -0.2) is 9.97 Å². The summed E-state index contributed by atoms with van der Waals surface area (Å²) in [5.41, 5.74) is 15.6. The van der Waals surface area contributed by atoms with Gasteiger partial charge in [0.05, 0.1) is 5.52 Å². The quantitative estimate of drug-likeness (QED) is 0.843. The van der Waals surface area contributed by atoms with Crippen molar-refractivity contribution in [3.63, 3.8) is 0 Å². The van der Waals surface area contributed by atoms with Crippen LogP contribution >= 0.6 is 0 Å². The van der Waals surface area contributed by atoms with Gasteiger partial charge in [0.1, 0.15) is 0 Å². The summed E-state index contributed by atoms with van der Waals surface area (Å²) in [6, 6.07) is 6.15. The number of hydrogen-bond acceptors (Lipinski definition) is 4. The molecule has 0 atom stereocenters. The number of benzene rings is 1. The molecule has 1 aromatic heterocycles. The molecule has 2 aromatic rings. The summed E-state index contributed by atoms with van der Waals surface area (Å²) >= 11 is 0. The Labute approximate surface area is 124 Å². The summed E-state index contributed by atoms with van der Waals surface area (Å²) in [4.78, 5) is 8.30. The van der Waals surface area contributed by atoms with Gasteiger partial charge in [-0.2, -0.15) is 0 Å². The molecule has 0 amide bonds. The molecule has 108 valence electrons. The van der Waals surface area contributed by atoms with Crippen LogP contribution in [0.4, 0.5) is 5.95 Å². The van der Waals surface area contributed by atoms with Crippen LogP contribution in [-0.2, 0) is 0 Å². The summed E-state index contributed by atoms with van der Waals surface area (Å²) in [6.45, 7) is 2.04. The van der Waals surface area contributed by atoms with Crippen molar-refractivity contribution in [3.8, 4) is 0 Å². The lowest BCUT2D eigenvalue weighted by Gasteiger charge is -2.10. The fraction of sp³-hybridized carbons (Fsp3) is 0.294. The highest BCUT2D eigenvalue weighted by atomic mass is 15.0. The number of anilines is 1. The molecule has 0 unspecified atom stereocenters. The minimum atomic E-state index is 0.304. The van der Waals surface area contributed by atoms with Crippen molar-refractivity contribution in [1.82, 2.24) is 9.97 Å². The minimum Gasteiger partial charge on any atom is -0.404 e. The minimum absolute atomic E-state index is 0.304. The lowest BCUT2D eigenvalue weighted by atomic mass is 9.96. The van der Waals surface area contributed by atoms with Crippen LogP contribution in [0.2, 0.25) is 0 Å². The van der Waals surface area contributed by atoms with E-state index in [0.29, 0.717) is 5.95 Å². The topological polar surface area (TPSA) is 77.8 Å². The molecule has 0 bridgehead atoms. The summed E-state index contributed by atoms with van der Waals surface area (Å²) in [5, 5.41) is 0.990. The maximum atomic E-state index is 5.72. The van der Waals surface area contributed by atoms with Crippen molar-refractivity contribution in [2.24, 2.45) is 11.7 Å². The molecule has 0 spiro atoms. The Morgan fingerprint density at radius 2 is 2.19 bits per heavy atom. The predicted octanol–water partition coefficient (Wildman–Crippen LogP) is 3.26. The van der Waals surface area contributed by atoms with Crippen molar-refractivity contribution < 1.29 is 0 Å². The van der Waals surface area contributed by atoms with E-state index in [2.05, 4.69) is 28.2 Å². The largest absolute Gasteiger partial charge is 0.404 e. The van der Waals surface area contributed by atoms with Crippen molar-refractivity contribution in [2.75, 3.05) is 5.73 Å². The summed E-state index contributed by atoms with van der Waals surface area (Å²) in [7, 11) is 0. The van der Waals surface area contributed by atoms with Crippen LogP contribution in [-0.4, -0.2) is 9.97 Å². The Morgan fingerprint density at radius 3 is 2.90 bits per heavy atom. The van der Waals surface area contributed by atoms with Gasteiger partial charge >= 0.3 is 0 Å². The molecule has 1 aliphatic rings. The number of nitrogen functional groups attached to an aromatic ring is 1. The van der Waals surface area contributed by atoms with E-state index < -0.39 is 0 Å². The second-order valence-corrected chi connectivity index (χ2v) is 5.65. The van der Waals surface area contributed by atoms with E-state index >= 15 is 0 Å². The van der Waals surface area contributed by atoms with Crippen LogP contribution < -0.4 is 11.5 Å². The molecule has 1 aliphatic carbocycles. The molecule has 21 heavy (non-hydrogen) atoms. The first kappa shape index (κ1) is 13.6. The molecule has 0 saturated heterocycles. The molecule has 1 aromatic carbocycles. The molecule has 4 heteroatoms. The van der Waals surface area contributed by atoms with Crippen molar-refractivity contribution in [3.05, 3.63) is 47.8 Å². The van der Waals surface area contributed by atoms with E-state index in [1.165, 1.54) is 18.4 Å². The monoisotopic (exact) mass is 280 g/mol. The zero-order valence-electron chi connectivity index (χ0n) is 12.2.